The van der Waals surface area contributed by atoms with Crippen LogP contribution in [0.1, 0.15) is 31.2 Å². The number of likely N-dealkylation sites (tertiary alicyclic amines) is 1. The zero-order chi connectivity index (χ0) is 11.8. The Labute approximate surface area is 106 Å². The molecule has 1 aromatic rings. The van der Waals surface area contributed by atoms with Gasteiger partial charge in [0.2, 0.25) is 0 Å². The van der Waals surface area contributed by atoms with Crippen molar-refractivity contribution in [3.63, 3.8) is 0 Å². The lowest BCUT2D eigenvalue weighted by Crippen LogP contribution is -2.39. The van der Waals surface area contributed by atoms with E-state index in [0.29, 0.717) is 17.9 Å². The van der Waals surface area contributed by atoms with E-state index in [0.717, 1.165) is 25.9 Å². The summed E-state index contributed by atoms with van der Waals surface area (Å²) < 4.78 is 0. The number of nitrogens with zero attached hydrogens (tertiary/aromatic N) is 1. The normalized spacial score (nSPS) is 31.6. The summed E-state index contributed by atoms with van der Waals surface area (Å²) in [6.45, 7) is 4.04. The highest BCUT2D eigenvalue weighted by Crippen LogP contribution is 2.41. The van der Waals surface area contributed by atoms with Crippen LogP contribution in [0.2, 0.25) is 0 Å². The number of thiophene rings is 1. The molecule has 1 unspecified atom stereocenters. The van der Waals surface area contributed by atoms with Gasteiger partial charge in [-0.3, -0.25) is 0 Å². The second-order valence-electron chi connectivity index (χ2n) is 5.29. The Hall–Kier alpha value is -1.03. The number of nitrogens with one attached hydrogen (secondary N) is 1. The van der Waals surface area contributed by atoms with E-state index in [9.17, 15) is 4.79 Å². The first-order chi connectivity index (χ1) is 8.24. The van der Waals surface area contributed by atoms with Crippen LogP contribution < -0.4 is 5.32 Å². The number of hydrogen-bond acceptors (Lipinski definition) is 2. The van der Waals surface area contributed by atoms with Crippen LogP contribution >= 0.6 is 11.3 Å². The van der Waals surface area contributed by atoms with Gasteiger partial charge in [-0.25, -0.2) is 4.79 Å². The molecule has 0 spiro atoms. The third-order valence-electron chi connectivity index (χ3n) is 3.78. The highest BCUT2D eigenvalue weighted by Gasteiger charge is 2.40. The molecule has 2 aliphatic rings. The monoisotopic (exact) mass is 250 g/mol. The fourth-order valence-electron chi connectivity index (χ4n) is 2.58. The van der Waals surface area contributed by atoms with Crippen molar-refractivity contribution in [3.8, 4) is 0 Å². The van der Waals surface area contributed by atoms with Gasteiger partial charge in [-0.15, -0.1) is 0 Å². The molecular formula is C13H18N2OS. The minimum atomic E-state index is 0.136. The molecule has 3 atom stereocenters. The van der Waals surface area contributed by atoms with Crippen LogP contribution in [0.3, 0.4) is 0 Å². The molecular weight excluding hydrogens is 232 g/mol. The number of urea groups is 1. The number of carbonyl (C=O) groups excluding carboxylic acids is 1. The Morgan fingerprint density at radius 3 is 3.12 bits per heavy atom. The highest BCUT2D eigenvalue weighted by molar-refractivity contribution is 7.08. The minimum absolute atomic E-state index is 0.136. The summed E-state index contributed by atoms with van der Waals surface area (Å²) in [6.07, 6.45) is 2.25. The van der Waals surface area contributed by atoms with E-state index in [1.807, 2.05) is 4.90 Å². The molecule has 2 amide bonds. The summed E-state index contributed by atoms with van der Waals surface area (Å²) in [5.74, 6) is 1.22. The molecule has 2 fully saturated rings. The SMILES string of the molecule is CC1CCN(C(=O)N[C@@H]2C[C@H]2c2ccsc2)C1. The molecule has 2 heterocycles. The molecule has 1 aromatic heterocycles. The van der Waals surface area contributed by atoms with E-state index < -0.39 is 0 Å². The first-order valence-electron chi connectivity index (χ1n) is 6.31. The van der Waals surface area contributed by atoms with Crippen LogP contribution in [0.15, 0.2) is 16.8 Å². The maximum atomic E-state index is 12.0. The maximum Gasteiger partial charge on any atom is 0.317 e. The van der Waals surface area contributed by atoms with Crippen molar-refractivity contribution in [3.05, 3.63) is 22.4 Å². The van der Waals surface area contributed by atoms with Gasteiger partial charge in [-0.1, -0.05) is 6.92 Å². The van der Waals surface area contributed by atoms with Crippen LogP contribution in [0, 0.1) is 5.92 Å². The zero-order valence-corrected chi connectivity index (χ0v) is 10.9. The van der Waals surface area contributed by atoms with E-state index in [1.165, 1.54) is 5.56 Å². The lowest BCUT2D eigenvalue weighted by atomic mass is 10.2. The quantitative estimate of drug-likeness (QED) is 0.860. The molecule has 1 aliphatic heterocycles. The Balaban J connectivity index is 1.51. The minimum Gasteiger partial charge on any atom is -0.335 e. The largest absolute Gasteiger partial charge is 0.335 e. The number of hydrogen-bond donors (Lipinski definition) is 1. The molecule has 3 rings (SSSR count). The first kappa shape index (κ1) is 11.1. The van der Waals surface area contributed by atoms with Gasteiger partial charge in [0.05, 0.1) is 0 Å². The van der Waals surface area contributed by atoms with Crippen molar-refractivity contribution in [2.45, 2.75) is 31.7 Å². The van der Waals surface area contributed by atoms with E-state index >= 15 is 0 Å². The van der Waals surface area contributed by atoms with Crippen LogP contribution in [0.5, 0.6) is 0 Å². The van der Waals surface area contributed by atoms with Crippen LogP contribution in [-0.2, 0) is 0 Å². The second kappa shape index (κ2) is 4.33. The average Bonchev–Trinajstić information content (AvgIpc) is 2.77. The average molecular weight is 250 g/mol. The third kappa shape index (κ3) is 2.32. The fourth-order valence-corrected chi connectivity index (χ4v) is 3.30. The summed E-state index contributed by atoms with van der Waals surface area (Å²) in [5, 5.41) is 7.44. The summed E-state index contributed by atoms with van der Waals surface area (Å²) in [4.78, 5) is 13.9. The summed E-state index contributed by atoms with van der Waals surface area (Å²) >= 11 is 1.73. The van der Waals surface area contributed by atoms with Gasteiger partial charge >= 0.3 is 6.03 Å². The molecule has 17 heavy (non-hydrogen) atoms. The van der Waals surface area contributed by atoms with Gasteiger partial charge in [0.1, 0.15) is 0 Å². The molecule has 1 saturated heterocycles. The van der Waals surface area contributed by atoms with E-state index in [-0.39, 0.29) is 6.03 Å². The molecule has 3 nitrogen and oxygen atoms in total. The second-order valence-corrected chi connectivity index (χ2v) is 6.07. The lowest BCUT2D eigenvalue weighted by Gasteiger charge is -2.16. The van der Waals surface area contributed by atoms with Gasteiger partial charge in [-0.05, 0) is 41.1 Å². The van der Waals surface area contributed by atoms with Gasteiger partial charge in [-0.2, -0.15) is 11.3 Å². The molecule has 1 saturated carbocycles. The summed E-state index contributed by atoms with van der Waals surface area (Å²) in [6, 6.07) is 2.67. The molecule has 4 heteroatoms. The molecule has 0 radical (unpaired) electrons. The van der Waals surface area contributed by atoms with Gasteiger partial charge in [0.15, 0.2) is 0 Å². The molecule has 92 valence electrons. The van der Waals surface area contributed by atoms with E-state index in [2.05, 4.69) is 29.1 Å². The molecule has 0 bridgehead atoms. The lowest BCUT2D eigenvalue weighted by molar-refractivity contribution is 0.206. The van der Waals surface area contributed by atoms with Crippen LogP contribution in [0.25, 0.3) is 0 Å². The van der Waals surface area contributed by atoms with Crippen LogP contribution in [-0.4, -0.2) is 30.1 Å². The van der Waals surface area contributed by atoms with Crippen molar-refractivity contribution >= 4 is 17.4 Å². The van der Waals surface area contributed by atoms with Crippen molar-refractivity contribution in [2.24, 2.45) is 5.92 Å². The first-order valence-corrected chi connectivity index (χ1v) is 7.26. The van der Waals surface area contributed by atoms with Gasteiger partial charge < -0.3 is 10.2 Å². The van der Waals surface area contributed by atoms with Crippen molar-refractivity contribution in [2.75, 3.05) is 13.1 Å². The topological polar surface area (TPSA) is 32.3 Å². The van der Waals surface area contributed by atoms with Crippen LogP contribution in [0.4, 0.5) is 4.79 Å². The summed E-state index contributed by atoms with van der Waals surface area (Å²) in [7, 11) is 0. The van der Waals surface area contributed by atoms with E-state index in [1.54, 1.807) is 11.3 Å². The highest BCUT2D eigenvalue weighted by atomic mass is 32.1. The van der Waals surface area contributed by atoms with Crippen molar-refractivity contribution in [1.29, 1.82) is 0 Å². The number of carbonyl (C=O) groups is 1. The smallest absolute Gasteiger partial charge is 0.317 e. The third-order valence-corrected chi connectivity index (χ3v) is 4.48. The Bertz CT molecular complexity index is 404. The summed E-state index contributed by atoms with van der Waals surface area (Å²) in [5.41, 5.74) is 1.38. The predicted molar refractivity (Wildman–Crippen MR) is 69.4 cm³/mol. The zero-order valence-electron chi connectivity index (χ0n) is 10.1. The van der Waals surface area contributed by atoms with E-state index in [4.69, 9.17) is 0 Å². The molecule has 1 N–H and O–H groups in total. The standard InChI is InChI=1S/C13H18N2OS/c1-9-2-4-15(7-9)13(16)14-12-6-11(12)10-3-5-17-8-10/h3,5,8-9,11-12H,2,4,6-7H2,1H3,(H,14,16)/t9?,11-,12+/m0/s1. The van der Waals surface area contributed by atoms with Gasteiger partial charge in [0, 0.05) is 25.0 Å². The Morgan fingerprint density at radius 1 is 1.59 bits per heavy atom. The number of rotatable bonds is 2. The number of amides is 2. The fraction of sp³-hybridized carbons (Fsp3) is 0.615. The van der Waals surface area contributed by atoms with Crippen molar-refractivity contribution < 1.29 is 4.79 Å². The predicted octanol–water partition coefficient (Wildman–Crippen LogP) is 2.66. The van der Waals surface area contributed by atoms with Crippen molar-refractivity contribution in [1.82, 2.24) is 10.2 Å². The van der Waals surface area contributed by atoms with Gasteiger partial charge in [0.25, 0.3) is 0 Å². The maximum absolute atomic E-state index is 12.0. The Morgan fingerprint density at radius 2 is 2.47 bits per heavy atom. The molecule has 1 aliphatic carbocycles. The Kier molecular flexibility index (Phi) is 2.82. The molecule has 0 aromatic carbocycles.